The fraction of sp³-hybridized carbons (Fsp3) is 0.583. The molecule has 6 heteroatoms. The minimum absolute atomic E-state index is 0.0344. The summed E-state index contributed by atoms with van der Waals surface area (Å²) in [7, 11) is 1.31. The monoisotopic (exact) mass is 251 g/mol. The van der Waals surface area contributed by atoms with Crippen molar-refractivity contribution in [2.24, 2.45) is 5.92 Å². The van der Waals surface area contributed by atoms with Crippen molar-refractivity contribution in [2.75, 3.05) is 25.2 Å². The number of ether oxygens (including phenoxy) is 1. The van der Waals surface area contributed by atoms with Crippen molar-refractivity contribution < 1.29 is 14.6 Å². The van der Waals surface area contributed by atoms with E-state index in [4.69, 9.17) is 0 Å². The third kappa shape index (κ3) is 2.28. The van der Waals surface area contributed by atoms with Crippen molar-refractivity contribution in [1.82, 2.24) is 9.97 Å². The van der Waals surface area contributed by atoms with Crippen LogP contribution in [0.4, 0.5) is 5.82 Å². The molecule has 1 aliphatic rings. The van der Waals surface area contributed by atoms with Gasteiger partial charge in [-0.2, -0.15) is 0 Å². The Hall–Kier alpha value is -1.69. The SMILES string of the molecule is COC(=O)c1cncc(N2CCC(C)C2CO)n1. The van der Waals surface area contributed by atoms with Crippen molar-refractivity contribution in [3.8, 4) is 0 Å². The lowest BCUT2D eigenvalue weighted by Crippen LogP contribution is -2.36. The summed E-state index contributed by atoms with van der Waals surface area (Å²) in [6.07, 6.45) is 3.98. The molecule has 1 aromatic rings. The minimum atomic E-state index is -0.503. The summed E-state index contributed by atoms with van der Waals surface area (Å²) in [5.41, 5.74) is 0.186. The third-order valence-corrected chi connectivity index (χ3v) is 3.38. The topological polar surface area (TPSA) is 75.5 Å². The summed E-state index contributed by atoms with van der Waals surface area (Å²) in [5.74, 6) is 0.511. The highest BCUT2D eigenvalue weighted by atomic mass is 16.5. The number of nitrogens with zero attached hydrogens (tertiary/aromatic N) is 3. The molecule has 1 aliphatic heterocycles. The van der Waals surface area contributed by atoms with Crippen LogP contribution in [0.25, 0.3) is 0 Å². The quantitative estimate of drug-likeness (QED) is 0.787. The second-order valence-electron chi connectivity index (χ2n) is 4.46. The molecule has 1 fully saturated rings. The number of hydrogen-bond acceptors (Lipinski definition) is 6. The number of methoxy groups -OCH3 is 1. The van der Waals surface area contributed by atoms with E-state index in [1.165, 1.54) is 13.3 Å². The Morgan fingerprint density at radius 2 is 2.39 bits per heavy atom. The average molecular weight is 251 g/mol. The molecule has 2 unspecified atom stereocenters. The summed E-state index contributed by atoms with van der Waals surface area (Å²) in [5, 5.41) is 9.41. The van der Waals surface area contributed by atoms with Crippen LogP contribution in [0.5, 0.6) is 0 Å². The number of carbonyl (C=O) groups excluding carboxylic acids is 1. The van der Waals surface area contributed by atoms with E-state index in [1.54, 1.807) is 6.20 Å². The second kappa shape index (κ2) is 5.30. The standard InChI is InChI=1S/C12H17N3O3/c1-8-3-4-15(10(8)7-16)11-6-13-5-9(14-11)12(17)18-2/h5-6,8,10,16H,3-4,7H2,1-2H3. The van der Waals surface area contributed by atoms with Gasteiger partial charge in [-0.1, -0.05) is 6.92 Å². The van der Waals surface area contributed by atoms with E-state index in [1.807, 2.05) is 4.90 Å². The highest BCUT2D eigenvalue weighted by molar-refractivity contribution is 5.87. The van der Waals surface area contributed by atoms with Crippen LogP contribution < -0.4 is 4.90 Å². The molecule has 2 atom stereocenters. The van der Waals surface area contributed by atoms with E-state index in [0.29, 0.717) is 11.7 Å². The Bertz CT molecular complexity index is 438. The van der Waals surface area contributed by atoms with Crippen LogP contribution in [0.1, 0.15) is 23.8 Å². The summed E-state index contributed by atoms with van der Waals surface area (Å²) >= 11 is 0. The van der Waals surface area contributed by atoms with E-state index < -0.39 is 5.97 Å². The Kier molecular flexibility index (Phi) is 3.76. The van der Waals surface area contributed by atoms with E-state index in [9.17, 15) is 9.90 Å². The zero-order valence-corrected chi connectivity index (χ0v) is 10.5. The molecule has 1 saturated heterocycles. The molecule has 0 radical (unpaired) electrons. The fourth-order valence-corrected chi connectivity index (χ4v) is 2.27. The van der Waals surface area contributed by atoms with E-state index in [2.05, 4.69) is 21.6 Å². The normalized spacial score (nSPS) is 23.2. The Morgan fingerprint density at radius 1 is 1.61 bits per heavy atom. The highest BCUT2D eigenvalue weighted by Gasteiger charge is 2.31. The van der Waals surface area contributed by atoms with Crippen molar-refractivity contribution in [2.45, 2.75) is 19.4 Å². The maximum atomic E-state index is 11.4. The maximum Gasteiger partial charge on any atom is 0.358 e. The van der Waals surface area contributed by atoms with Gasteiger partial charge in [-0.25, -0.2) is 9.78 Å². The molecule has 18 heavy (non-hydrogen) atoms. The lowest BCUT2D eigenvalue weighted by atomic mass is 10.0. The first kappa shape index (κ1) is 12.8. The highest BCUT2D eigenvalue weighted by Crippen LogP contribution is 2.27. The molecule has 6 nitrogen and oxygen atoms in total. The number of carbonyl (C=O) groups is 1. The van der Waals surface area contributed by atoms with Gasteiger partial charge in [0, 0.05) is 6.54 Å². The lowest BCUT2D eigenvalue weighted by Gasteiger charge is -2.25. The molecule has 0 aromatic carbocycles. The van der Waals surface area contributed by atoms with Crippen LogP contribution >= 0.6 is 0 Å². The number of aliphatic hydroxyl groups excluding tert-OH is 1. The van der Waals surface area contributed by atoms with Gasteiger partial charge in [-0.15, -0.1) is 0 Å². The first-order chi connectivity index (χ1) is 8.67. The second-order valence-corrected chi connectivity index (χ2v) is 4.46. The molecule has 0 amide bonds. The number of esters is 1. The van der Waals surface area contributed by atoms with E-state index in [-0.39, 0.29) is 18.3 Å². The largest absolute Gasteiger partial charge is 0.464 e. The van der Waals surface area contributed by atoms with Gasteiger partial charge in [0.1, 0.15) is 5.82 Å². The van der Waals surface area contributed by atoms with Gasteiger partial charge >= 0.3 is 5.97 Å². The van der Waals surface area contributed by atoms with Gasteiger partial charge in [0.05, 0.1) is 32.2 Å². The Morgan fingerprint density at radius 3 is 3.06 bits per heavy atom. The van der Waals surface area contributed by atoms with Crippen LogP contribution in [0.3, 0.4) is 0 Å². The van der Waals surface area contributed by atoms with Crippen LogP contribution in [0, 0.1) is 5.92 Å². The average Bonchev–Trinajstić information content (AvgIpc) is 2.79. The lowest BCUT2D eigenvalue weighted by molar-refractivity contribution is 0.0593. The van der Waals surface area contributed by atoms with Gasteiger partial charge in [-0.05, 0) is 12.3 Å². The maximum absolute atomic E-state index is 11.4. The van der Waals surface area contributed by atoms with E-state index in [0.717, 1.165) is 13.0 Å². The summed E-state index contributed by atoms with van der Waals surface area (Å²) in [4.78, 5) is 21.6. The summed E-state index contributed by atoms with van der Waals surface area (Å²) in [6.45, 7) is 2.98. The number of rotatable bonds is 3. The van der Waals surface area contributed by atoms with Crippen molar-refractivity contribution in [1.29, 1.82) is 0 Å². The van der Waals surface area contributed by atoms with Crippen molar-refractivity contribution in [3.05, 3.63) is 18.1 Å². The molecular weight excluding hydrogens is 234 g/mol. The number of anilines is 1. The third-order valence-electron chi connectivity index (χ3n) is 3.38. The smallest absolute Gasteiger partial charge is 0.358 e. The van der Waals surface area contributed by atoms with Gasteiger partial charge in [-0.3, -0.25) is 4.98 Å². The van der Waals surface area contributed by atoms with Crippen LogP contribution in [0.2, 0.25) is 0 Å². The minimum Gasteiger partial charge on any atom is -0.464 e. The van der Waals surface area contributed by atoms with E-state index >= 15 is 0 Å². The van der Waals surface area contributed by atoms with Gasteiger partial charge in [0.25, 0.3) is 0 Å². The van der Waals surface area contributed by atoms with Crippen LogP contribution in [-0.4, -0.2) is 47.3 Å². The zero-order valence-electron chi connectivity index (χ0n) is 10.5. The number of aromatic nitrogens is 2. The number of hydrogen-bond donors (Lipinski definition) is 1. The molecule has 0 saturated carbocycles. The van der Waals surface area contributed by atoms with Crippen molar-refractivity contribution >= 4 is 11.8 Å². The zero-order chi connectivity index (χ0) is 13.1. The molecule has 2 rings (SSSR count). The molecule has 1 N–H and O–H groups in total. The van der Waals surface area contributed by atoms with Crippen LogP contribution in [0.15, 0.2) is 12.4 Å². The summed E-state index contributed by atoms with van der Waals surface area (Å²) < 4.78 is 4.62. The molecule has 0 spiro atoms. The molecule has 1 aromatic heterocycles. The Labute approximate surface area is 106 Å². The summed E-state index contributed by atoms with van der Waals surface area (Å²) in [6, 6.07) is 0.0344. The number of aliphatic hydroxyl groups is 1. The molecule has 98 valence electrons. The predicted octanol–water partition coefficient (Wildman–Crippen LogP) is 0.470. The van der Waals surface area contributed by atoms with Gasteiger partial charge < -0.3 is 14.7 Å². The van der Waals surface area contributed by atoms with Gasteiger partial charge in [0.2, 0.25) is 0 Å². The predicted molar refractivity (Wildman–Crippen MR) is 65.4 cm³/mol. The first-order valence-corrected chi connectivity index (χ1v) is 5.95. The first-order valence-electron chi connectivity index (χ1n) is 5.95. The van der Waals surface area contributed by atoms with Crippen LogP contribution in [-0.2, 0) is 4.74 Å². The van der Waals surface area contributed by atoms with Gasteiger partial charge in [0.15, 0.2) is 5.69 Å². The Balaban J connectivity index is 2.26. The molecular formula is C12H17N3O3. The fourth-order valence-electron chi connectivity index (χ4n) is 2.27. The molecule has 0 aliphatic carbocycles. The molecule has 2 heterocycles. The molecule has 0 bridgehead atoms. The van der Waals surface area contributed by atoms with Crippen molar-refractivity contribution in [3.63, 3.8) is 0 Å².